The van der Waals surface area contributed by atoms with E-state index in [0.29, 0.717) is 23.2 Å². The van der Waals surface area contributed by atoms with Crippen molar-refractivity contribution in [1.29, 1.82) is 0 Å². The lowest BCUT2D eigenvalue weighted by Crippen LogP contribution is -2.43. The van der Waals surface area contributed by atoms with E-state index in [1.807, 2.05) is 0 Å². The molecule has 2 heterocycles. The number of benzene rings is 1. The van der Waals surface area contributed by atoms with Gasteiger partial charge in [-0.1, -0.05) is 12.1 Å². The molecule has 0 bridgehead atoms. The second-order valence-electron chi connectivity index (χ2n) is 5.88. The number of anilines is 1. The largest absolute Gasteiger partial charge is 0.505 e. The molecule has 7 heteroatoms. The number of phenols is 1. The number of aryl methyl sites for hydroxylation is 1. The number of methoxy groups -OCH3 is 1. The number of amides is 2. The van der Waals surface area contributed by atoms with Crippen molar-refractivity contribution in [3.63, 3.8) is 0 Å². The van der Waals surface area contributed by atoms with E-state index in [4.69, 9.17) is 10.5 Å². The summed E-state index contributed by atoms with van der Waals surface area (Å²) in [4.78, 5) is 25.4. The predicted octanol–water partition coefficient (Wildman–Crippen LogP) is 1.24. The number of aromatic hydroxyl groups is 1. The molecule has 126 valence electrons. The monoisotopic (exact) mass is 329 g/mol. The number of nitrogens with zero attached hydrogens (tertiary/aromatic N) is 1. The Morgan fingerprint density at radius 1 is 1.50 bits per heavy atom. The normalized spacial score (nSPS) is 22.7. The van der Waals surface area contributed by atoms with Gasteiger partial charge in [-0.25, -0.2) is 0 Å². The van der Waals surface area contributed by atoms with Gasteiger partial charge in [0.05, 0.1) is 17.3 Å². The highest BCUT2D eigenvalue weighted by Gasteiger charge is 2.40. The van der Waals surface area contributed by atoms with Crippen molar-refractivity contribution in [3.05, 3.63) is 47.2 Å². The maximum atomic E-state index is 12.9. The van der Waals surface area contributed by atoms with Gasteiger partial charge in [-0.2, -0.15) is 0 Å². The summed E-state index contributed by atoms with van der Waals surface area (Å²) in [7, 11) is 1.54. The molecule has 2 aliphatic heterocycles. The molecule has 7 nitrogen and oxygen atoms in total. The standard InChI is InChI=1S/C17H19N3O4/c1-9-3-5-11-14(15(9)22)19-16(24-2)12-7-10(4-6-13(18)21)8-20(12)17(11)23/h3-6,8,12,16,19,22H,7H2,1-2H3,(H2,18,21)/t12?,16-/m1/s1. The SMILES string of the molecule is CO[C@H]1Nc2c(ccc(C)c2O)C(=O)N2C=C(C=CC(N)=O)CC12. The van der Waals surface area contributed by atoms with Gasteiger partial charge in [0.25, 0.3) is 5.91 Å². The van der Waals surface area contributed by atoms with Crippen molar-refractivity contribution in [3.8, 4) is 5.75 Å². The maximum Gasteiger partial charge on any atom is 0.260 e. The summed E-state index contributed by atoms with van der Waals surface area (Å²) in [5.41, 5.74) is 7.35. The zero-order chi connectivity index (χ0) is 17.4. The Balaban J connectivity index is 2.04. The molecule has 0 spiro atoms. The molecule has 0 fully saturated rings. The number of phenolic OH excluding ortho intramolecular Hbond substituents is 1. The van der Waals surface area contributed by atoms with Crippen LogP contribution in [0.15, 0.2) is 36.1 Å². The Labute approximate surface area is 139 Å². The highest BCUT2D eigenvalue weighted by atomic mass is 16.5. The van der Waals surface area contributed by atoms with Crippen molar-refractivity contribution in [1.82, 2.24) is 4.90 Å². The summed E-state index contributed by atoms with van der Waals surface area (Å²) in [5, 5.41) is 13.4. The minimum Gasteiger partial charge on any atom is -0.505 e. The highest BCUT2D eigenvalue weighted by Crippen LogP contribution is 2.38. The van der Waals surface area contributed by atoms with Crippen molar-refractivity contribution in [2.75, 3.05) is 12.4 Å². The van der Waals surface area contributed by atoms with Crippen molar-refractivity contribution in [2.24, 2.45) is 5.73 Å². The van der Waals surface area contributed by atoms with E-state index in [0.717, 1.165) is 5.57 Å². The molecule has 2 amide bonds. The van der Waals surface area contributed by atoms with Crippen LogP contribution in [0, 0.1) is 6.92 Å². The second kappa shape index (κ2) is 6.01. The van der Waals surface area contributed by atoms with Crippen LogP contribution in [0.3, 0.4) is 0 Å². The molecular weight excluding hydrogens is 310 g/mol. The zero-order valence-corrected chi connectivity index (χ0v) is 13.4. The molecule has 2 atom stereocenters. The molecule has 0 aliphatic carbocycles. The molecule has 3 rings (SSSR count). The Morgan fingerprint density at radius 2 is 2.25 bits per heavy atom. The predicted molar refractivity (Wildman–Crippen MR) is 88.3 cm³/mol. The summed E-state index contributed by atoms with van der Waals surface area (Å²) in [6, 6.07) is 3.09. The third-order valence-corrected chi connectivity index (χ3v) is 4.30. The number of carbonyl (C=O) groups is 2. The lowest BCUT2D eigenvalue weighted by Gasteiger charge is -2.27. The molecule has 0 aromatic heterocycles. The fraction of sp³-hybridized carbons (Fsp3) is 0.294. The Hall–Kier alpha value is -2.80. The molecule has 0 saturated heterocycles. The summed E-state index contributed by atoms with van der Waals surface area (Å²) in [5.74, 6) is -0.738. The first-order valence-electron chi connectivity index (χ1n) is 7.55. The van der Waals surface area contributed by atoms with Gasteiger partial charge >= 0.3 is 0 Å². The summed E-state index contributed by atoms with van der Waals surface area (Å²) < 4.78 is 5.49. The average molecular weight is 329 g/mol. The summed E-state index contributed by atoms with van der Waals surface area (Å²) >= 11 is 0. The van der Waals surface area contributed by atoms with Gasteiger partial charge in [0.1, 0.15) is 12.0 Å². The number of nitrogens with two attached hydrogens (primary N) is 1. The van der Waals surface area contributed by atoms with Crippen LogP contribution in [-0.2, 0) is 9.53 Å². The van der Waals surface area contributed by atoms with Crippen LogP contribution in [-0.4, -0.2) is 41.2 Å². The molecule has 0 saturated carbocycles. The number of fused-ring (bicyclic) bond motifs is 2. The highest BCUT2D eigenvalue weighted by molar-refractivity contribution is 6.03. The van der Waals surface area contributed by atoms with Gasteiger partial charge in [0, 0.05) is 19.4 Å². The van der Waals surface area contributed by atoms with Gasteiger partial charge in [-0.3, -0.25) is 9.59 Å². The number of nitrogens with one attached hydrogen (secondary N) is 1. The molecule has 24 heavy (non-hydrogen) atoms. The third kappa shape index (κ3) is 2.63. The molecule has 0 radical (unpaired) electrons. The Kier molecular flexibility index (Phi) is 4.02. The summed E-state index contributed by atoms with van der Waals surface area (Å²) in [6.07, 6.45) is 4.56. The molecule has 4 N–H and O–H groups in total. The fourth-order valence-corrected chi connectivity index (χ4v) is 3.04. The molecular formula is C17H19N3O4. The number of hydrogen-bond donors (Lipinski definition) is 3. The molecule has 2 aliphatic rings. The molecule has 1 aromatic rings. The van der Waals surface area contributed by atoms with Gasteiger partial charge in [-0.15, -0.1) is 0 Å². The number of ether oxygens (including phenoxy) is 1. The van der Waals surface area contributed by atoms with E-state index in [1.54, 1.807) is 36.2 Å². The Bertz CT molecular complexity index is 769. The molecule has 1 aromatic carbocycles. The number of rotatable bonds is 3. The topological polar surface area (TPSA) is 105 Å². The molecule has 1 unspecified atom stereocenters. The third-order valence-electron chi connectivity index (χ3n) is 4.30. The zero-order valence-electron chi connectivity index (χ0n) is 13.4. The quantitative estimate of drug-likeness (QED) is 0.571. The van der Waals surface area contributed by atoms with E-state index in [-0.39, 0.29) is 17.7 Å². The van der Waals surface area contributed by atoms with Crippen molar-refractivity contribution in [2.45, 2.75) is 25.6 Å². The smallest absolute Gasteiger partial charge is 0.260 e. The van der Waals surface area contributed by atoms with Crippen LogP contribution in [0.4, 0.5) is 5.69 Å². The van der Waals surface area contributed by atoms with Crippen LogP contribution < -0.4 is 11.1 Å². The van der Waals surface area contributed by atoms with Crippen LogP contribution in [0.25, 0.3) is 0 Å². The minimum absolute atomic E-state index is 0.0434. The van der Waals surface area contributed by atoms with E-state index < -0.39 is 12.1 Å². The first-order valence-corrected chi connectivity index (χ1v) is 7.55. The van der Waals surface area contributed by atoms with Gasteiger partial charge in [0.15, 0.2) is 0 Å². The van der Waals surface area contributed by atoms with Gasteiger partial charge in [0.2, 0.25) is 5.91 Å². The van der Waals surface area contributed by atoms with E-state index in [2.05, 4.69) is 5.32 Å². The van der Waals surface area contributed by atoms with Gasteiger partial charge < -0.3 is 25.8 Å². The number of allylic oxidation sites excluding steroid dienone is 1. The van der Waals surface area contributed by atoms with Gasteiger partial charge in [-0.05, 0) is 30.5 Å². The first kappa shape index (κ1) is 16.1. The van der Waals surface area contributed by atoms with E-state index >= 15 is 0 Å². The summed E-state index contributed by atoms with van der Waals surface area (Å²) in [6.45, 7) is 1.77. The van der Waals surface area contributed by atoms with Crippen molar-refractivity contribution < 1.29 is 19.4 Å². The first-order chi connectivity index (χ1) is 11.4. The number of hydrogen-bond acceptors (Lipinski definition) is 5. The van der Waals surface area contributed by atoms with Crippen LogP contribution >= 0.6 is 0 Å². The van der Waals surface area contributed by atoms with Crippen molar-refractivity contribution >= 4 is 17.5 Å². The minimum atomic E-state index is -0.545. The fourth-order valence-electron chi connectivity index (χ4n) is 3.04. The number of primary amides is 1. The average Bonchev–Trinajstić information content (AvgIpc) is 2.93. The lowest BCUT2D eigenvalue weighted by molar-refractivity contribution is -0.113. The van der Waals surface area contributed by atoms with E-state index in [1.165, 1.54) is 13.2 Å². The second-order valence-corrected chi connectivity index (χ2v) is 5.88. The maximum absolute atomic E-state index is 12.9. The Morgan fingerprint density at radius 3 is 2.92 bits per heavy atom. The van der Waals surface area contributed by atoms with Crippen LogP contribution in [0.1, 0.15) is 22.3 Å². The van der Waals surface area contributed by atoms with E-state index in [9.17, 15) is 14.7 Å². The lowest BCUT2D eigenvalue weighted by atomic mass is 10.1. The number of carbonyl (C=O) groups excluding carboxylic acids is 2. The van der Waals surface area contributed by atoms with Crippen LogP contribution in [0.5, 0.6) is 5.75 Å². The van der Waals surface area contributed by atoms with Crippen LogP contribution in [0.2, 0.25) is 0 Å².